The number of carbonyl (C=O) groups is 3. The molecule has 0 saturated carbocycles. The number of rotatable bonds is 12. The first kappa shape index (κ1) is 27.3. The van der Waals surface area contributed by atoms with E-state index in [1.807, 2.05) is 58.0 Å². The van der Waals surface area contributed by atoms with Gasteiger partial charge in [0.2, 0.25) is 5.91 Å². The molecule has 2 aromatic rings. The van der Waals surface area contributed by atoms with Gasteiger partial charge in [0.25, 0.3) is 0 Å². The van der Waals surface area contributed by atoms with E-state index in [0.717, 1.165) is 5.56 Å². The maximum absolute atomic E-state index is 13.2. The molecule has 0 spiro atoms. The zero-order chi connectivity index (χ0) is 25.1. The summed E-state index contributed by atoms with van der Waals surface area (Å²) in [6.07, 6.45) is 0.435. The topological polar surface area (TPSA) is 107 Å². The van der Waals surface area contributed by atoms with Crippen molar-refractivity contribution in [3.05, 3.63) is 52.0 Å². The molecule has 2 rings (SSSR count). The minimum Gasteiger partial charge on any atom is -0.461 e. The van der Waals surface area contributed by atoms with Crippen LogP contribution in [0.15, 0.2) is 35.7 Å². The summed E-state index contributed by atoms with van der Waals surface area (Å²) >= 11 is 1.30. The summed E-state index contributed by atoms with van der Waals surface area (Å²) in [5, 5.41) is 7.99. The lowest BCUT2D eigenvalue weighted by Crippen LogP contribution is -2.48. The van der Waals surface area contributed by atoms with Crippen molar-refractivity contribution in [3.63, 3.8) is 0 Å². The molecule has 0 radical (unpaired) electrons. The van der Waals surface area contributed by atoms with Gasteiger partial charge in [-0.05, 0) is 37.2 Å². The van der Waals surface area contributed by atoms with Gasteiger partial charge in [0.05, 0.1) is 12.6 Å². The van der Waals surface area contributed by atoms with Gasteiger partial charge in [-0.3, -0.25) is 4.79 Å². The number of carbonyl (C=O) groups excluding carboxylic acids is 3. The molecule has 0 aliphatic heterocycles. The summed E-state index contributed by atoms with van der Waals surface area (Å²) in [6.45, 7) is 10.2. The number of nitrogens with one attached hydrogen (secondary N) is 2. The lowest BCUT2D eigenvalue weighted by molar-refractivity contribution is -0.124. The molecule has 0 saturated heterocycles. The number of ether oxygens (including phenoxy) is 2. The average molecular weight is 490 g/mol. The molecular formula is C25H35N3O5S. The fraction of sp³-hybridized carbons (Fsp3) is 0.520. The van der Waals surface area contributed by atoms with Crippen LogP contribution in [-0.2, 0) is 20.9 Å². The van der Waals surface area contributed by atoms with E-state index in [2.05, 4.69) is 15.6 Å². The third-order valence-corrected chi connectivity index (χ3v) is 5.82. The summed E-state index contributed by atoms with van der Waals surface area (Å²) in [5.74, 6) is -0.361. The van der Waals surface area contributed by atoms with Crippen LogP contribution in [0.5, 0.6) is 0 Å². The third-order valence-electron chi connectivity index (χ3n) is 4.86. The highest BCUT2D eigenvalue weighted by molar-refractivity contribution is 7.09. The Morgan fingerprint density at radius 1 is 0.971 bits per heavy atom. The Balaban J connectivity index is 2.08. The van der Waals surface area contributed by atoms with Crippen molar-refractivity contribution in [2.75, 3.05) is 6.61 Å². The summed E-state index contributed by atoms with van der Waals surface area (Å²) < 4.78 is 10.3. The quantitative estimate of drug-likeness (QED) is 0.412. The molecule has 0 unspecified atom stereocenters. The monoisotopic (exact) mass is 489 g/mol. The Hall–Kier alpha value is -2.94. The number of hydrogen-bond acceptors (Lipinski definition) is 7. The highest BCUT2D eigenvalue weighted by Crippen LogP contribution is 2.25. The lowest BCUT2D eigenvalue weighted by Gasteiger charge is -2.24. The molecular weight excluding hydrogens is 454 g/mol. The van der Waals surface area contributed by atoms with Crippen LogP contribution in [-0.4, -0.2) is 35.6 Å². The molecule has 2 atom stereocenters. The normalized spacial score (nSPS) is 12.8. The molecule has 9 heteroatoms. The molecule has 1 heterocycles. The van der Waals surface area contributed by atoms with Gasteiger partial charge in [-0.1, -0.05) is 58.0 Å². The van der Waals surface area contributed by atoms with Crippen LogP contribution in [0.4, 0.5) is 4.79 Å². The molecule has 8 nitrogen and oxygen atoms in total. The summed E-state index contributed by atoms with van der Waals surface area (Å²) in [6, 6.07) is 8.19. The number of benzene rings is 1. The van der Waals surface area contributed by atoms with Crippen molar-refractivity contribution in [2.45, 2.75) is 66.2 Å². The van der Waals surface area contributed by atoms with E-state index in [1.165, 1.54) is 11.3 Å². The zero-order valence-corrected chi connectivity index (χ0v) is 21.3. The first-order valence-electron chi connectivity index (χ1n) is 11.6. The van der Waals surface area contributed by atoms with Gasteiger partial charge < -0.3 is 20.1 Å². The minimum atomic E-state index is -0.762. The Bertz CT molecular complexity index is 930. The van der Waals surface area contributed by atoms with Crippen molar-refractivity contribution in [1.82, 2.24) is 15.6 Å². The van der Waals surface area contributed by atoms with Gasteiger partial charge in [0.15, 0.2) is 5.69 Å². The van der Waals surface area contributed by atoms with E-state index in [1.54, 1.807) is 12.3 Å². The van der Waals surface area contributed by atoms with E-state index in [0.29, 0.717) is 17.8 Å². The van der Waals surface area contributed by atoms with Crippen LogP contribution < -0.4 is 10.6 Å². The molecule has 186 valence electrons. The van der Waals surface area contributed by atoms with Crippen LogP contribution in [0.1, 0.15) is 74.6 Å². The highest BCUT2D eigenvalue weighted by Gasteiger charge is 2.27. The molecule has 0 fully saturated rings. The average Bonchev–Trinajstić information content (AvgIpc) is 3.27. The van der Waals surface area contributed by atoms with Crippen LogP contribution in [0, 0.1) is 11.8 Å². The fourth-order valence-corrected chi connectivity index (χ4v) is 4.17. The van der Waals surface area contributed by atoms with E-state index in [4.69, 9.17) is 9.47 Å². The number of thiazole rings is 1. The van der Waals surface area contributed by atoms with E-state index in [-0.39, 0.29) is 36.7 Å². The Morgan fingerprint density at radius 3 is 2.26 bits per heavy atom. The molecule has 1 aromatic carbocycles. The van der Waals surface area contributed by atoms with Gasteiger partial charge in [0.1, 0.15) is 17.7 Å². The van der Waals surface area contributed by atoms with Gasteiger partial charge in [-0.25, -0.2) is 14.6 Å². The predicted octanol–water partition coefficient (Wildman–Crippen LogP) is 4.86. The summed E-state index contributed by atoms with van der Waals surface area (Å²) in [5.41, 5.74) is 1.09. The van der Waals surface area contributed by atoms with E-state index in [9.17, 15) is 14.4 Å². The second-order valence-corrected chi connectivity index (χ2v) is 9.76. The number of hydrogen-bond donors (Lipinski definition) is 2. The molecule has 1 aromatic heterocycles. The van der Waals surface area contributed by atoms with Crippen molar-refractivity contribution >= 4 is 29.3 Å². The number of aromatic nitrogens is 1. The third kappa shape index (κ3) is 9.13. The van der Waals surface area contributed by atoms with Crippen molar-refractivity contribution in [2.24, 2.45) is 11.8 Å². The lowest BCUT2D eigenvalue weighted by atomic mass is 10.0. The first-order chi connectivity index (χ1) is 16.2. The fourth-order valence-electron chi connectivity index (χ4n) is 3.32. The standard InChI is InChI=1S/C25H35N3O5S/c1-6-32-24(30)21-15-34-23(27-21)20(13-17(4)5)26-22(29)19(12-16(2)3)28-25(31)33-14-18-10-8-7-9-11-18/h7-11,15-17,19-20H,6,12-14H2,1-5H3,(H,26,29)(H,28,31)/t19-,20+/m0/s1. The van der Waals surface area contributed by atoms with Gasteiger partial charge in [0, 0.05) is 5.38 Å². The van der Waals surface area contributed by atoms with Gasteiger partial charge >= 0.3 is 12.1 Å². The Labute approximate surface area is 205 Å². The zero-order valence-electron chi connectivity index (χ0n) is 20.5. The summed E-state index contributed by atoms with van der Waals surface area (Å²) in [4.78, 5) is 42.0. The largest absolute Gasteiger partial charge is 0.461 e. The maximum Gasteiger partial charge on any atom is 0.408 e. The van der Waals surface area contributed by atoms with E-state index >= 15 is 0 Å². The van der Waals surface area contributed by atoms with Gasteiger partial charge in [-0.15, -0.1) is 11.3 Å². The predicted molar refractivity (Wildman–Crippen MR) is 131 cm³/mol. The molecule has 0 bridgehead atoms. The summed E-state index contributed by atoms with van der Waals surface area (Å²) in [7, 11) is 0. The second kappa shape index (κ2) is 13.7. The number of alkyl carbamates (subject to hydrolysis) is 1. The SMILES string of the molecule is CCOC(=O)c1csc([C@@H](CC(C)C)NC(=O)[C@H](CC(C)C)NC(=O)OCc2ccccc2)n1. The van der Waals surface area contributed by atoms with Crippen LogP contribution in [0.2, 0.25) is 0 Å². The number of nitrogens with zero attached hydrogens (tertiary/aromatic N) is 1. The van der Waals surface area contributed by atoms with E-state index < -0.39 is 24.1 Å². The Morgan fingerprint density at radius 2 is 1.65 bits per heavy atom. The maximum atomic E-state index is 13.2. The number of esters is 1. The van der Waals surface area contributed by atoms with Crippen LogP contribution in [0.3, 0.4) is 0 Å². The molecule has 0 aliphatic carbocycles. The smallest absolute Gasteiger partial charge is 0.408 e. The van der Waals surface area contributed by atoms with Crippen molar-refractivity contribution in [1.29, 1.82) is 0 Å². The Kier molecular flexibility index (Phi) is 11.0. The van der Waals surface area contributed by atoms with Crippen LogP contribution >= 0.6 is 11.3 Å². The number of amides is 2. The molecule has 34 heavy (non-hydrogen) atoms. The molecule has 2 amide bonds. The van der Waals surface area contributed by atoms with Crippen molar-refractivity contribution < 1.29 is 23.9 Å². The first-order valence-corrected chi connectivity index (χ1v) is 12.5. The van der Waals surface area contributed by atoms with Gasteiger partial charge in [-0.2, -0.15) is 0 Å². The minimum absolute atomic E-state index is 0.119. The molecule has 2 N–H and O–H groups in total. The highest BCUT2D eigenvalue weighted by atomic mass is 32.1. The second-order valence-electron chi connectivity index (χ2n) is 8.87. The van der Waals surface area contributed by atoms with Crippen LogP contribution in [0.25, 0.3) is 0 Å². The molecule has 0 aliphatic rings. The van der Waals surface area contributed by atoms with Crippen molar-refractivity contribution in [3.8, 4) is 0 Å².